The number of hydrogen-bond acceptors (Lipinski definition) is 1. The van der Waals surface area contributed by atoms with Crippen molar-refractivity contribution in [2.75, 3.05) is 0 Å². The topological polar surface area (TPSA) is 12.0 Å². The molecule has 0 saturated heterocycles. The van der Waals surface area contributed by atoms with E-state index in [2.05, 4.69) is 77.6 Å². The Bertz CT molecular complexity index is 549. The van der Waals surface area contributed by atoms with Crippen LogP contribution in [0.1, 0.15) is 29.2 Å². The van der Waals surface area contributed by atoms with E-state index in [1.54, 1.807) is 0 Å². The summed E-state index contributed by atoms with van der Waals surface area (Å²) in [6.07, 6.45) is 1.09. The molecule has 2 rings (SSSR count). The summed E-state index contributed by atoms with van der Waals surface area (Å²) in [5.74, 6) is 0. The zero-order valence-electron chi connectivity index (χ0n) is 11.5. The number of halogens is 1. The standard InChI is InChI=1S/C17H20BrN/c1-3-14-6-4-5-7-15(14)11-19-12-16-9-8-13(2)10-17(16)18/h4-10,19H,3,11-12H2,1-2H3. The first-order valence-corrected chi connectivity index (χ1v) is 7.52. The van der Waals surface area contributed by atoms with Crippen molar-refractivity contribution in [3.05, 3.63) is 69.2 Å². The van der Waals surface area contributed by atoms with Gasteiger partial charge in [0.2, 0.25) is 0 Å². The third-order valence-electron chi connectivity index (χ3n) is 3.34. The predicted octanol–water partition coefficient (Wildman–Crippen LogP) is 4.61. The number of rotatable bonds is 5. The minimum absolute atomic E-state index is 0.888. The van der Waals surface area contributed by atoms with Crippen LogP contribution in [0.25, 0.3) is 0 Å². The molecule has 0 unspecified atom stereocenters. The molecule has 1 nitrogen and oxygen atoms in total. The SMILES string of the molecule is CCc1ccccc1CNCc1ccc(C)cc1Br. The number of nitrogens with one attached hydrogen (secondary N) is 1. The van der Waals surface area contributed by atoms with Gasteiger partial charge < -0.3 is 5.32 Å². The Hall–Kier alpha value is -1.12. The molecule has 2 aromatic carbocycles. The smallest absolute Gasteiger partial charge is 0.0222 e. The lowest BCUT2D eigenvalue weighted by Gasteiger charge is -2.10. The molecule has 0 aliphatic heterocycles. The van der Waals surface area contributed by atoms with Crippen LogP contribution in [0, 0.1) is 6.92 Å². The molecule has 2 heteroatoms. The summed E-state index contributed by atoms with van der Waals surface area (Å²) in [5.41, 5.74) is 5.41. The normalized spacial score (nSPS) is 10.7. The lowest BCUT2D eigenvalue weighted by Crippen LogP contribution is -2.14. The summed E-state index contributed by atoms with van der Waals surface area (Å²) in [6.45, 7) is 6.12. The fourth-order valence-corrected chi connectivity index (χ4v) is 2.84. The molecule has 100 valence electrons. The van der Waals surface area contributed by atoms with Gasteiger partial charge in [0, 0.05) is 17.6 Å². The monoisotopic (exact) mass is 317 g/mol. The van der Waals surface area contributed by atoms with E-state index in [0.29, 0.717) is 0 Å². The third-order valence-corrected chi connectivity index (χ3v) is 4.08. The highest BCUT2D eigenvalue weighted by atomic mass is 79.9. The second-order valence-electron chi connectivity index (χ2n) is 4.82. The molecule has 2 aromatic rings. The molecule has 0 heterocycles. The van der Waals surface area contributed by atoms with Crippen molar-refractivity contribution in [1.29, 1.82) is 0 Å². The average molecular weight is 318 g/mol. The van der Waals surface area contributed by atoms with Crippen LogP contribution >= 0.6 is 15.9 Å². The summed E-state index contributed by atoms with van der Waals surface area (Å²) in [7, 11) is 0. The Labute approximate surface area is 124 Å². The van der Waals surface area contributed by atoms with E-state index in [1.807, 2.05) is 0 Å². The van der Waals surface area contributed by atoms with Crippen molar-refractivity contribution in [3.8, 4) is 0 Å². The van der Waals surface area contributed by atoms with Crippen LogP contribution < -0.4 is 5.32 Å². The maximum Gasteiger partial charge on any atom is 0.0222 e. The van der Waals surface area contributed by atoms with Gasteiger partial charge in [0.1, 0.15) is 0 Å². The molecule has 0 atom stereocenters. The van der Waals surface area contributed by atoms with E-state index >= 15 is 0 Å². The highest BCUT2D eigenvalue weighted by Crippen LogP contribution is 2.18. The maximum absolute atomic E-state index is 3.62. The highest BCUT2D eigenvalue weighted by Gasteiger charge is 2.02. The number of aryl methyl sites for hydroxylation is 2. The van der Waals surface area contributed by atoms with E-state index in [9.17, 15) is 0 Å². The van der Waals surface area contributed by atoms with Crippen LogP contribution in [0.2, 0.25) is 0 Å². The minimum Gasteiger partial charge on any atom is -0.309 e. The average Bonchev–Trinajstić information content (AvgIpc) is 2.42. The Morgan fingerprint density at radius 3 is 2.32 bits per heavy atom. The van der Waals surface area contributed by atoms with Crippen LogP contribution in [0.5, 0.6) is 0 Å². The van der Waals surface area contributed by atoms with Gasteiger partial charge in [0.25, 0.3) is 0 Å². The molecular formula is C17H20BrN. The van der Waals surface area contributed by atoms with Crippen LogP contribution in [-0.2, 0) is 19.5 Å². The Balaban J connectivity index is 1.96. The summed E-state index contributed by atoms with van der Waals surface area (Å²) < 4.78 is 1.18. The molecule has 1 N–H and O–H groups in total. The third kappa shape index (κ3) is 3.92. The van der Waals surface area contributed by atoms with Gasteiger partial charge in [-0.1, -0.05) is 59.3 Å². The lowest BCUT2D eigenvalue weighted by molar-refractivity contribution is 0.686. The summed E-state index contributed by atoms with van der Waals surface area (Å²) in [5, 5.41) is 3.52. The molecule has 0 spiro atoms. The molecule has 0 aliphatic carbocycles. The number of hydrogen-bond donors (Lipinski definition) is 1. The van der Waals surface area contributed by atoms with Crippen molar-refractivity contribution < 1.29 is 0 Å². The van der Waals surface area contributed by atoms with Gasteiger partial charge in [-0.15, -0.1) is 0 Å². The van der Waals surface area contributed by atoms with Crippen LogP contribution in [-0.4, -0.2) is 0 Å². The molecule has 0 bridgehead atoms. The summed E-state index contributed by atoms with van der Waals surface area (Å²) in [6, 6.07) is 15.1. The van der Waals surface area contributed by atoms with Crippen molar-refractivity contribution >= 4 is 15.9 Å². The van der Waals surface area contributed by atoms with Gasteiger partial charge in [0.05, 0.1) is 0 Å². The van der Waals surface area contributed by atoms with E-state index in [-0.39, 0.29) is 0 Å². The molecule has 0 fully saturated rings. The second-order valence-corrected chi connectivity index (χ2v) is 5.68. The quantitative estimate of drug-likeness (QED) is 0.849. The molecule has 19 heavy (non-hydrogen) atoms. The van der Waals surface area contributed by atoms with Crippen LogP contribution in [0.15, 0.2) is 46.9 Å². The molecule has 0 saturated carbocycles. The highest BCUT2D eigenvalue weighted by molar-refractivity contribution is 9.10. The van der Waals surface area contributed by atoms with Gasteiger partial charge in [-0.3, -0.25) is 0 Å². The Morgan fingerprint density at radius 1 is 0.947 bits per heavy atom. The first-order valence-electron chi connectivity index (χ1n) is 6.73. The molecule has 0 amide bonds. The van der Waals surface area contributed by atoms with E-state index in [1.165, 1.54) is 26.7 Å². The molecular weight excluding hydrogens is 298 g/mol. The summed E-state index contributed by atoms with van der Waals surface area (Å²) in [4.78, 5) is 0. The first-order chi connectivity index (χ1) is 9.20. The van der Waals surface area contributed by atoms with Crippen LogP contribution in [0.4, 0.5) is 0 Å². The van der Waals surface area contributed by atoms with Gasteiger partial charge in [-0.25, -0.2) is 0 Å². The zero-order valence-corrected chi connectivity index (χ0v) is 13.1. The van der Waals surface area contributed by atoms with Gasteiger partial charge in [-0.05, 0) is 41.7 Å². The summed E-state index contributed by atoms with van der Waals surface area (Å²) >= 11 is 3.62. The van der Waals surface area contributed by atoms with Crippen molar-refractivity contribution in [3.63, 3.8) is 0 Å². The fourth-order valence-electron chi connectivity index (χ4n) is 2.20. The number of benzene rings is 2. The van der Waals surface area contributed by atoms with E-state index in [0.717, 1.165) is 19.5 Å². The second kappa shape index (κ2) is 6.88. The van der Waals surface area contributed by atoms with Crippen molar-refractivity contribution in [2.45, 2.75) is 33.4 Å². The van der Waals surface area contributed by atoms with Gasteiger partial charge in [0.15, 0.2) is 0 Å². The van der Waals surface area contributed by atoms with E-state index in [4.69, 9.17) is 0 Å². The molecule has 0 aromatic heterocycles. The largest absolute Gasteiger partial charge is 0.309 e. The van der Waals surface area contributed by atoms with Crippen molar-refractivity contribution in [2.24, 2.45) is 0 Å². The van der Waals surface area contributed by atoms with Gasteiger partial charge >= 0.3 is 0 Å². The Morgan fingerprint density at radius 2 is 1.63 bits per heavy atom. The Kier molecular flexibility index (Phi) is 5.17. The van der Waals surface area contributed by atoms with Crippen molar-refractivity contribution in [1.82, 2.24) is 5.32 Å². The van der Waals surface area contributed by atoms with E-state index < -0.39 is 0 Å². The first kappa shape index (κ1) is 14.3. The molecule has 0 radical (unpaired) electrons. The lowest BCUT2D eigenvalue weighted by atomic mass is 10.1. The maximum atomic E-state index is 3.62. The van der Waals surface area contributed by atoms with Gasteiger partial charge in [-0.2, -0.15) is 0 Å². The minimum atomic E-state index is 0.888. The van der Waals surface area contributed by atoms with Crippen LogP contribution in [0.3, 0.4) is 0 Å². The predicted molar refractivity (Wildman–Crippen MR) is 85.2 cm³/mol. The fraction of sp³-hybridized carbons (Fsp3) is 0.294. The zero-order chi connectivity index (χ0) is 13.7. The molecule has 0 aliphatic rings.